The molecule has 0 spiro atoms. The van der Waals surface area contributed by atoms with E-state index < -0.39 is 0 Å². The molecule has 2 aromatic carbocycles. The van der Waals surface area contributed by atoms with Crippen LogP contribution in [0.15, 0.2) is 24.3 Å². The van der Waals surface area contributed by atoms with Crippen molar-refractivity contribution in [1.82, 2.24) is 0 Å². The van der Waals surface area contributed by atoms with Gasteiger partial charge >= 0.3 is 0 Å². The molecule has 3 heteroatoms. The maximum Gasteiger partial charge on any atom is 0.121 e. The number of aromatic hydroxyl groups is 2. The standard InChI is InChI=1S/2C9H12O.C3H7.Sc/c2*1-6-4-7(2)9(10)8(3)5-6;1-3-2;/h2*4-5,10H,1-3H3;1,3H2,2H3;/q;;-1;. The van der Waals surface area contributed by atoms with Crippen LogP contribution in [0.5, 0.6) is 11.5 Å². The Kier molecular flexibility index (Phi) is 12.9. The van der Waals surface area contributed by atoms with Crippen LogP contribution < -0.4 is 0 Å². The van der Waals surface area contributed by atoms with Crippen LogP contribution in [-0.4, -0.2) is 10.2 Å². The van der Waals surface area contributed by atoms with E-state index in [-0.39, 0.29) is 25.8 Å². The van der Waals surface area contributed by atoms with Gasteiger partial charge in [-0.25, -0.2) is 0 Å². The molecule has 2 nitrogen and oxygen atoms in total. The number of aryl methyl sites for hydroxylation is 6. The molecule has 0 fully saturated rings. The quantitative estimate of drug-likeness (QED) is 0.578. The molecular weight excluding hydrogens is 329 g/mol. The third-order valence-electron chi connectivity index (χ3n) is 3.27. The smallest absolute Gasteiger partial charge is 0.121 e. The van der Waals surface area contributed by atoms with Gasteiger partial charge in [0.1, 0.15) is 11.5 Å². The van der Waals surface area contributed by atoms with Gasteiger partial charge in [0, 0.05) is 25.8 Å². The minimum absolute atomic E-state index is 0. The van der Waals surface area contributed by atoms with Crippen molar-refractivity contribution >= 4 is 0 Å². The van der Waals surface area contributed by atoms with Crippen LogP contribution in [0.1, 0.15) is 46.7 Å². The summed E-state index contributed by atoms with van der Waals surface area (Å²) in [5.74, 6) is 0.844. The van der Waals surface area contributed by atoms with Crippen LogP contribution in [-0.2, 0) is 25.8 Å². The van der Waals surface area contributed by atoms with Gasteiger partial charge in [-0.05, 0) is 63.8 Å². The van der Waals surface area contributed by atoms with E-state index in [0.29, 0.717) is 11.5 Å². The predicted molar refractivity (Wildman–Crippen MR) is 100 cm³/mol. The zero-order valence-electron chi connectivity index (χ0n) is 16.2. The zero-order valence-corrected chi connectivity index (χ0v) is 18.0. The second kappa shape index (κ2) is 12.3. The van der Waals surface area contributed by atoms with E-state index in [0.717, 1.165) is 28.7 Å². The molecule has 0 amide bonds. The van der Waals surface area contributed by atoms with Crippen molar-refractivity contribution in [2.24, 2.45) is 0 Å². The molecule has 0 aliphatic carbocycles. The fraction of sp³-hybridized carbons (Fsp3) is 0.381. The second-order valence-corrected chi connectivity index (χ2v) is 5.99. The molecule has 0 atom stereocenters. The first-order valence-electron chi connectivity index (χ1n) is 7.96. The average Bonchev–Trinajstić information content (AvgIpc) is 2.43. The number of phenols is 2. The molecule has 24 heavy (non-hydrogen) atoms. The van der Waals surface area contributed by atoms with Crippen molar-refractivity contribution < 1.29 is 36.1 Å². The van der Waals surface area contributed by atoms with Crippen LogP contribution >= 0.6 is 0 Å². The summed E-state index contributed by atoms with van der Waals surface area (Å²) in [6.45, 7) is 17.2. The summed E-state index contributed by atoms with van der Waals surface area (Å²) >= 11 is 0. The van der Waals surface area contributed by atoms with Crippen LogP contribution in [0.4, 0.5) is 0 Å². The van der Waals surface area contributed by atoms with Crippen LogP contribution in [0.3, 0.4) is 0 Å². The summed E-state index contributed by atoms with van der Waals surface area (Å²) in [6, 6.07) is 7.90. The molecule has 131 valence electrons. The van der Waals surface area contributed by atoms with Gasteiger partial charge in [-0.3, -0.25) is 0 Å². The van der Waals surface area contributed by atoms with Crippen LogP contribution in [0.2, 0.25) is 0 Å². The summed E-state index contributed by atoms with van der Waals surface area (Å²) in [7, 11) is 0. The summed E-state index contributed by atoms with van der Waals surface area (Å²) in [5, 5.41) is 18.7. The number of hydrogen-bond acceptors (Lipinski definition) is 2. The zero-order chi connectivity index (χ0) is 18.2. The van der Waals surface area contributed by atoms with Crippen LogP contribution in [0, 0.1) is 48.5 Å². The van der Waals surface area contributed by atoms with Crippen molar-refractivity contribution in [3.63, 3.8) is 0 Å². The molecule has 0 saturated carbocycles. The number of hydrogen-bond donors (Lipinski definition) is 2. The van der Waals surface area contributed by atoms with Crippen molar-refractivity contribution in [2.45, 2.75) is 54.9 Å². The Labute approximate surface area is 166 Å². The van der Waals surface area contributed by atoms with E-state index >= 15 is 0 Å². The molecule has 0 saturated heterocycles. The van der Waals surface area contributed by atoms with Gasteiger partial charge in [-0.2, -0.15) is 6.42 Å². The third kappa shape index (κ3) is 8.68. The fourth-order valence-electron chi connectivity index (χ4n) is 2.34. The minimum Gasteiger partial charge on any atom is -0.507 e. The Hall–Kier alpha value is -1.09. The van der Waals surface area contributed by atoms with Crippen molar-refractivity contribution in [2.75, 3.05) is 0 Å². The average molecular weight is 360 g/mol. The Bertz CT molecular complexity index is 532. The number of phenolic OH excluding ortho intramolecular Hbond substituents is 2. The van der Waals surface area contributed by atoms with Gasteiger partial charge in [0.2, 0.25) is 0 Å². The van der Waals surface area contributed by atoms with Gasteiger partial charge in [0.05, 0.1) is 0 Å². The maximum absolute atomic E-state index is 9.33. The molecule has 0 unspecified atom stereocenters. The summed E-state index contributed by atoms with van der Waals surface area (Å²) < 4.78 is 0. The predicted octanol–water partition coefficient (Wildman–Crippen LogP) is 5.86. The first-order chi connectivity index (χ1) is 10.6. The van der Waals surface area contributed by atoms with Gasteiger partial charge in [-0.1, -0.05) is 42.3 Å². The topological polar surface area (TPSA) is 40.5 Å². The second-order valence-electron chi connectivity index (χ2n) is 5.99. The third-order valence-corrected chi connectivity index (χ3v) is 3.27. The summed E-state index contributed by atoms with van der Waals surface area (Å²) in [4.78, 5) is 0. The van der Waals surface area contributed by atoms with Gasteiger partial charge in [0.25, 0.3) is 0 Å². The van der Waals surface area contributed by atoms with E-state index in [9.17, 15) is 10.2 Å². The van der Waals surface area contributed by atoms with Crippen molar-refractivity contribution in [3.05, 3.63) is 64.6 Å². The molecular formula is C21H31O2Sc-. The van der Waals surface area contributed by atoms with Crippen molar-refractivity contribution in [3.8, 4) is 11.5 Å². The SMILES string of the molecule is Cc1cc(C)c(O)c(C)c1.Cc1cc(C)c(O)c(C)c1.[CH2-]CC.[Sc]. The Morgan fingerprint density at radius 2 is 0.833 bits per heavy atom. The first kappa shape index (κ1) is 25.2. The molecule has 0 heterocycles. The molecule has 0 aliphatic heterocycles. The summed E-state index contributed by atoms with van der Waals surface area (Å²) in [5.41, 5.74) is 6.23. The van der Waals surface area contributed by atoms with Gasteiger partial charge < -0.3 is 17.1 Å². The largest absolute Gasteiger partial charge is 0.507 e. The maximum atomic E-state index is 9.33. The number of rotatable bonds is 0. The Morgan fingerprint density at radius 1 is 0.667 bits per heavy atom. The molecule has 1 radical (unpaired) electrons. The molecule has 0 aliphatic rings. The van der Waals surface area contributed by atoms with E-state index in [1.807, 2.05) is 72.7 Å². The molecule has 2 aromatic rings. The van der Waals surface area contributed by atoms with Crippen LogP contribution in [0.25, 0.3) is 0 Å². The molecule has 2 rings (SSSR count). The first-order valence-corrected chi connectivity index (χ1v) is 7.96. The Morgan fingerprint density at radius 3 is 1.00 bits per heavy atom. The molecule has 0 aromatic heterocycles. The van der Waals surface area contributed by atoms with E-state index in [4.69, 9.17) is 0 Å². The van der Waals surface area contributed by atoms with Gasteiger partial charge in [-0.15, -0.1) is 0 Å². The Balaban J connectivity index is 0. The number of benzene rings is 2. The normalized spacial score (nSPS) is 9.00. The molecule has 0 bridgehead atoms. The van der Waals surface area contributed by atoms with Gasteiger partial charge in [0.15, 0.2) is 0 Å². The minimum atomic E-state index is 0. The van der Waals surface area contributed by atoms with Crippen molar-refractivity contribution in [1.29, 1.82) is 0 Å². The summed E-state index contributed by atoms with van der Waals surface area (Å²) in [6.07, 6.45) is 1.00. The monoisotopic (exact) mass is 360 g/mol. The van der Waals surface area contributed by atoms with E-state index in [1.54, 1.807) is 0 Å². The fourth-order valence-corrected chi connectivity index (χ4v) is 2.34. The van der Waals surface area contributed by atoms with E-state index in [1.165, 1.54) is 11.1 Å². The molecule has 2 N–H and O–H groups in total. The van der Waals surface area contributed by atoms with E-state index in [2.05, 4.69) is 6.92 Å².